The Morgan fingerprint density at radius 1 is 0.818 bits per heavy atom. The quantitative estimate of drug-likeness (QED) is 0.688. The van der Waals surface area contributed by atoms with Gasteiger partial charge in [-0.05, 0) is 40.6 Å². The zero-order chi connectivity index (χ0) is 15.6. The van der Waals surface area contributed by atoms with E-state index < -0.39 is 9.84 Å². The Balaban J connectivity index is 2.03. The van der Waals surface area contributed by atoms with Gasteiger partial charge in [0.1, 0.15) is 4.36 Å². The molecule has 0 N–H and O–H groups in total. The van der Waals surface area contributed by atoms with E-state index in [0.29, 0.717) is 0 Å². The maximum Gasteiger partial charge on any atom is 0.217 e. The zero-order valence-corrected chi connectivity index (χ0v) is 13.2. The van der Waals surface area contributed by atoms with Gasteiger partial charge in [0.05, 0.1) is 4.90 Å². The summed E-state index contributed by atoms with van der Waals surface area (Å²) in [5.74, 6) is 0. The highest BCUT2D eigenvalue weighted by atomic mass is 35.5. The Hall–Kier alpha value is -2.10. The van der Waals surface area contributed by atoms with Gasteiger partial charge in [0.15, 0.2) is 0 Å². The fraction of sp³-hybridized carbons (Fsp3) is 0. The number of fused-ring (bicyclic) bond motifs is 1. The van der Waals surface area contributed by atoms with Gasteiger partial charge in [0.25, 0.3) is 0 Å². The summed E-state index contributed by atoms with van der Waals surface area (Å²) in [5.41, 5.74) is 0.753. The molecule has 0 atom stereocenters. The molecule has 0 aliphatic heterocycles. The van der Waals surface area contributed by atoms with E-state index in [1.807, 2.05) is 42.5 Å². The van der Waals surface area contributed by atoms with E-state index in [0.717, 1.165) is 16.3 Å². The SMILES string of the molecule is O=S(=O)(/C(Cl)=C/c1ccc2ccccc2c1)c1ccccc1. The molecule has 3 aromatic carbocycles. The second kappa shape index (κ2) is 5.95. The lowest BCUT2D eigenvalue weighted by atomic mass is 10.1. The lowest BCUT2D eigenvalue weighted by Gasteiger charge is -2.04. The number of hydrogen-bond donors (Lipinski definition) is 0. The van der Waals surface area contributed by atoms with Crippen LogP contribution in [0, 0.1) is 0 Å². The molecule has 0 amide bonds. The van der Waals surface area contributed by atoms with Gasteiger partial charge < -0.3 is 0 Å². The summed E-state index contributed by atoms with van der Waals surface area (Å²) >= 11 is 6.07. The Morgan fingerprint density at radius 2 is 1.45 bits per heavy atom. The lowest BCUT2D eigenvalue weighted by Crippen LogP contribution is -2.00. The number of hydrogen-bond acceptors (Lipinski definition) is 2. The molecule has 0 saturated carbocycles. The fourth-order valence-electron chi connectivity index (χ4n) is 2.22. The van der Waals surface area contributed by atoms with E-state index in [4.69, 9.17) is 11.6 Å². The van der Waals surface area contributed by atoms with E-state index in [1.165, 1.54) is 18.2 Å². The maximum absolute atomic E-state index is 12.4. The van der Waals surface area contributed by atoms with Crippen molar-refractivity contribution in [2.45, 2.75) is 4.90 Å². The van der Waals surface area contributed by atoms with Crippen LogP contribution in [0.4, 0.5) is 0 Å². The van der Waals surface area contributed by atoms with Gasteiger partial charge in [0.2, 0.25) is 9.84 Å². The zero-order valence-electron chi connectivity index (χ0n) is 11.6. The summed E-state index contributed by atoms with van der Waals surface area (Å²) in [5, 5.41) is 2.14. The summed E-state index contributed by atoms with van der Waals surface area (Å²) < 4.78 is 24.6. The molecule has 4 heteroatoms. The van der Waals surface area contributed by atoms with Gasteiger partial charge in [-0.3, -0.25) is 0 Å². The van der Waals surface area contributed by atoms with Gasteiger partial charge in [-0.25, -0.2) is 8.42 Å². The topological polar surface area (TPSA) is 34.1 Å². The third-order valence-electron chi connectivity index (χ3n) is 3.36. The maximum atomic E-state index is 12.4. The first kappa shape index (κ1) is 14.8. The highest BCUT2D eigenvalue weighted by molar-refractivity contribution is 7.97. The summed E-state index contributed by atoms with van der Waals surface area (Å²) in [4.78, 5) is 0.192. The highest BCUT2D eigenvalue weighted by Gasteiger charge is 2.18. The van der Waals surface area contributed by atoms with Crippen LogP contribution < -0.4 is 0 Å². The molecule has 22 heavy (non-hydrogen) atoms. The molecule has 0 aromatic heterocycles. The van der Waals surface area contributed by atoms with Crippen LogP contribution in [0.15, 0.2) is 82.1 Å². The molecule has 3 aromatic rings. The van der Waals surface area contributed by atoms with Gasteiger partial charge in [0, 0.05) is 0 Å². The summed E-state index contributed by atoms with van der Waals surface area (Å²) in [7, 11) is -3.66. The van der Waals surface area contributed by atoms with Crippen LogP contribution in [0.5, 0.6) is 0 Å². The van der Waals surface area contributed by atoms with E-state index in [1.54, 1.807) is 18.2 Å². The monoisotopic (exact) mass is 328 g/mol. The van der Waals surface area contributed by atoms with Gasteiger partial charge in [-0.15, -0.1) is 0 Å². The van der Waals surface area contributed by atoms with Gasteiger partial charge in [-0.2, -0.15) is 0 Å². The minimum absolute atomic E-state index is 0.186. The molecule has 0 spiro atoms. The van der Waals surface area contributed by atoms with Crippen molar-refractivity contribution in [1.29, 1.82) is 0 Å². The normalized spacial score (nSPS) is 12.5. The number of benzene rings is 3. The second-order valence-electron chi connectivity index (χ2n) is 4.87. The number of rotatable bonds is 3. The van der Waals surface area contributed by atoms with Gasteiger partial charge >= 0.3 is 0 Å². The molecule has 0 unspecified atom stereocenters. The van der Waals surface area contributed by atoms with Crippen molar-refractivity contribution < 1.29 is 8.42 Å². The first-order valence-electron chi connectivity index (χ1n) is 6.73. The molecular weight excluding hydrogens is 316 g/mol. The first-order chi connectivity index (χ1) is 10.6. The third kappa shape index (κ3) is 2.91. The van der Waals surface area contributed by atoms with Crippen LogP contribution >= 0.6 is 11.6 Å². The van der Waals surface area contributed by atoms with Crippen molar-refractivity contribution >= 4 is 38.3 Å². The van der Waals surface area contributed by atoms with Crippen molar-refractivity contribution in [3.63, 3.8) is 0 Å². The fourth-order valence-corrected chi connectivity index (χ4v) is 3.64. The summed E-state index contributed by atoms with van der Waals surface area (Å²) in [6.07, 6.45) is 1.48. The minimum atomic E-state index is -3.66. The molecule has 0 bridgehead atoms. The van der Waals surface area contributed by atoms with Crippen molar-refractivity contribution in [2.75, 3.05) is 0 Å². The van der Waals surface area contributed by atoms with Crippen LogP contribution in [0.1, 0.15) is 5.56 Å². The Kier molecular flexibility index (Phi) is 4.01. The Morgan fingerprint density at radius 3 is 2.18 bits per heavy atom. The Bertz CT molecular complexity index is 945. The highest BCUT2D eigenvalue weighted by Crippen LogP contribution is 2.25. The van der Waals surface area contributed by atoms with Crippen LogP contribution in [-0.4, -0.2) is 8.42 Å². The third-order valence-corrected chi connectivity index (χ3v) is 5.61. The standard InChI is InChI=1S/C18H13ClO2S/c19-18(22(20,21)17-8-2-1-3-9-17)13-14-10-11-15-6-4-5-7-16(15)12-14/h1-13H/b18-13+. The van der Waals surface area contributed by atoms with Crippen LogP contribution in [-0.2, 0) is 9.84 Å². The molecular formula is C18H13ClO2S. The number of halogens is 1. The van der Waals surface area contributed by atoms with Gasteiger partial charge in [-0.1, -0.05) is 66.2 Å². The van der Waals surface area contributed by atoms with E-state index >= 15 is 0 Å². The first-order valence-corrected chi connectivity index (χ1v) is 8.60. The van der Waals surface area contributed by atoms with Crippen LogP contribution in [0.3, 0.4) is 0 Å². The van der Waals surface area contributed by atoms with Crippen molar-refractivity contribution in [3.05, 3.63) is 82.7 Å². The van der Waals surface area contributed by atoms with Crippen molar-refractivity contribution in [1.82, 2.24) is 0 Å². The molecule has 0 radical (unpaired) electrons. The minimum Gasteiger partial charge on any atom is -0.218 e. The lowest BCUT2D eigenvalue weighted by molar-refractivity contribution is 0.604. The summed E-state index contributed by atoms with van der Waals surface area (Å²) in [6, 6.07) is 21.8. The predicted molar refractivity (Wildman–Crippen MR) is 91.4 cm³/mol. The van der Waals surface area contributed by atoms with Crippen molar-refractivity contribution in [2.24, 2.45) is 0 Å². The molecule has 2 nitrogen and oxygen atoms in total. The number of sulfone groups is 1. The predicted octanol–water partition coefficient (Wildman–Crippen LogP) is 4.85. The molecule has 0 heterocycles. The molecule has 0 aliphatic carbocycles. The van der Waals surface area contributed by atoms with E-state index in [9.17, 15) is 8.42 Å². The largest absolute Gasteiger partial charge is 0.218 e. The molecule has 3 rings (SSSR count). The average Bonchev–Trinajstić information content (AvgIpc) is 2.55. The Labute approximate surface area is 134 Å². The average molecular weight is 329 g/mol. The van der Waals surface area contributed by atoms with E-state index in [2.05, 4.69) is 0 Å². The molecule has 110 valence electrons. The van der Waals surface area contributed by atoms with Crippen LogP contribution in [0.2, 0.25) is 0 Å². The molecule has 0 aliphatic rings. The molecule has 0 saturated heterocycles. The summed E-state index contributed by atoms with van der Waals surface area (Å²) in [6.45, 7) is 0. The second-order valence-corrected chi connectivity index (χ2v) is 7.42. The smallest absolute Gasteiger partial charge is 0.217 e. The molecule has 0 fully saturated rings. The van der Waals surface area contributed by atoms with Crippen molar-refractivity contribution in [3.8, 4) is 0 Å². The van der Waals surface area contributed by atoms with E-state index in [-0.39, 0.29) is 9.26 Å². The van der Waals surface area contributed by atoms with Crippen LogP contribution in [0.25, 0.3) is 16.8 Å².